The van der Waals surface area contributed by atoms with Gasteiger partial charge in [0.05, 0.1) is 17.6 Å². The summed E-state index contributed by atoms with van der Waals surface area (Å²) in [5.74, 6) is -0.376. The zero-order chi connectivity index (χ0) is 16.4. The average molecular weight is 332 g/mol. The number of hydrogen-bond acceptors (Lipinski definition) is 4. The molecular formula is C17H18ClN3O2. The van der Waals surface area contributed by atoms with E-state index in [9.17, 15) is 9.90 Å². The molecule has 0 aliphatic carbocycles. The van der Waals surface area contributed by atoms with Crippen LogP contribution in [0.5, 0.6) is 5.75 Å². The van der Waals surface area contributed by atoms with Crippen LogP contribution in [-0.2, 0) is 4.79 Å². The summed E-state index contributed by atoms with van der Waals surface area (Å²) in [4.78, 5) is 12.6. The van der Waals surface area contributed by atoms with Crippen LogP contribution < -0.4 is 16.2 Å². The van der Waals surface area contributed by atoms with Crippen LogP contribution in [0, 0.1) is 12.8 Å². The number of rotatable bonds is 3. The van der Waals surface area contributed by atoms with Gasteiger partial charge in [0.1, 0.15) is 5.75 Å². The van der Waals surface area contributed by atoms with Crippen molar-refractivity contribution in [3.05, 3.63) is 58.6 Å². The molecule has 0 radical (unpaired) electrons. The van der Waals surface area contributed by atoms with E-state index in [-0.39, 0.29) is 23.6 Å². The van der Waals surface area contributed by atoms with E-state index in [2.05, 4.69) is 16.2 Å². The fourth-order valence-corrected chi connectivity index (χ4v) is 2.83. The third-order valence-corrected chi connectivity index (χ3v) is 4.21. The number of amides is 1. The summed E-state index contributed by atoms with van der Waals surface area (Å²) in [5.41, 5.74) is 8.47. The van der Waals surface area contributed by atoms with Gasteiger partial charge in [0, 0.05) is 11.6 Å². The highest BCUT2D eigenvalue weighted by molar-refractivity contribution is 6.30. The lowest BCUT2D eigenvalue weighted by Crippen LogP contribution is -2.29. The summed E-state index contributed by atoms with van der Waals surface area (Å²) in [7, 11) is 0. The topological polar surface area (TPSA) is 73.4 Å². The third-order valence-electron chi connectivity index (χ3n) is 3.96. The molecule has 5 nitrogen and oxygen atoms in total. The van der Waals surface area contributed by atoms with Crippen molar-refractivity contribution in [1.29, 1.82) is 0 Å². The standard InChI is InChI=1S/C17H18ClN3O2/c1-10-2-7-14(15(22)8-10)20-17(23)13-9-19-21-16(13)11-3-5-12(18)6-4-11/h2-8,13,16,19,21-22H,9H2,1H3,(H,20,23). The number of phenols is 1. The summed E-state index contributed by atoms with van der Waals surface area (Å²) >= 11 is 5.91. The predicted molar refractivity (Wildman–Crippen MR) is 90.3 cm³/mol. The largest absolute Gasteiger partial charge is 0.506 e. The minimum atomic E-state index is -0.295. The van der Waals surface area contributed by atoms with Crippen LogP contribution in [0.4, 0.5) is 5.69 Å². The minimum Gasteiger partial charge on any atom is -0.506 e. The van der Waals surface area contributed by atoms with Crippen LogP contribution in [0.1, 0.15) is 17.2 Å². The maximum atomic E-state index is 12.6. The molecule has 1 aliphatic rings. The molecule has 23 heavy (non-hydrogen) atoms. The molecule has 2 atom stereocenters. The van der Waals surface area contributed by atoms with Gasteiger partial charge >= 0.3 is 0 Å². The van der Waals surface area contributed by atoms with Crippen LogP contribution in [0.2, 0.25) is 5.02 Å². The van der Waals surface area contributed by atoms with Crippen molar-refractivity contribution in [2.24, 2.45) is 5.92 Å². The van der Waals surface area contributed by atoms with E-state index in [4.69, 9.17) is 11.6 Å². The first kappa shape index (κ1) is 15.8. The number of benzene rings is 2. The van der Waals surface area contributed by atoms with Crippen molar-refractivity contribution in [2.45, 2.75) is 13.0 Å². The number of anilines is 1. The van der Waals surface area contributed by atoms with Gasteiger partial charge in [-0.15, -0.1) is 0 Å². The van der Waals surface area contributed by atoms with Crippen molar-refractivity contribution in [3.63, 3.8) is 0 Å². The zero-order valence-corrected chi connectivity index (χ0v) is 13.4. The molecule has 0 spiro atoms. The molecule has 2 unspecified atom stereocenters. The average Bonchev–Trinajstić information content (AvgIpc) is 3.00. The summed E-state index contributed by atoms with van der Waals surface area (Å²) in [5, 5.41) is 13.4. The van der Waals surface area contributed by atoms with Crippen molar-refractivity contribution in [3.8, 4) is 5.75 Å². The highest BCUT2D eigenvalue weighted by atomic mass is 35.5. The number of aromatic hydroxyl groups is 1. The fraction of sp³-hybridized carbons (Fsp3) is 0.235. The van der Waals surface area contributed by atoms with Gasteiger partial charge in [0.25, 0.3) is 0 Å². The van der Waals surface area contributed by atoms with Gasteiger partial charge in [-0.2, -0.15) is 0 Å². The number of carbonyl (C=O) groups is 1. The van der Waals surface area contributed by atoms with Crippen LogP contribution in [0.25, 0.3) is 0 Å². The molecule has 120 valence electrons. The van der Waals surface area contributed by atoms with Crippen LogP contribution in [0.3, 0.4) is 0 Å². The Morgan fingerprint density at radius 1 is 1.26 bits per heavy atom. The Morgan fingerprint density at radius 3 is 2.70 bits per heavy atom. The Balaban J connectivity index is 1.76. The van der Waals surface area contributed by atoms with Crippen LogP contribution >= 0.6 is 11.6 Å². The van der Waals surface area contributed by atoms with Gasteiger partial charge in [-0.1, -0.05) is 29.8 Å². The lowest BCUT2D eigenvalue weighted by molar-refractivity contribution is -0.119. The van der Waals surface area contributed by atoms with E-state index < -0.39 is 0 Å². The number of aryl methyl sites for hydroxylation is 1. The van der Waals surface area contributed by atoms with Crippen molar-refractivity contribution < 1.29 is 9.90 Å². The lowest BCUT2D eigenvalue weighted by Gasteiger charge is -2.19. The minimum absolute atomic E-state index is 0.0697. The van der Waals surface area contributed by atoms with E-state index in [1.54, 1.807) is 24.3 Å². The Bertz CT molecular complexity index is 718. The monoisotopic (exact) mass is 331 g/mol. The fourth-order valence-electron chi connectivity index (χ4n) is 2.70. The highest BCUT2D eigenvalue weighted by Gasteiger charge is 2.34. The normalized spacial score (nSPS) is 20.4. The molecule has 0 bridgehead atoms. The molecule has 2 aromatic rings. The number of hydrogen-bond donors (Lipinski definition) is 4. The number of hydrazine groups is 1. The lowest BCUT2D eigenvalue weighted by atomic mass is 9.94. The molecule has 1 amide bonds. The van der Waals surface area contributed by atoms with E-state index in [1.807, 2.05) is 25.1 Å². The zero-order valence-electron chi connectivity index (χ0n) is 12.6. The Kier molecular flexibility index (Phi) is 4.52. The van der Waals surface area contributed by atoms with Gasteiger partial charge in [0.2, 0.25) is 5.91 Å². The number of halogens is 1. The van der Waals surface area contributed by atoms with Gasteiger partial charge in [-0.25, -0.2) is 5.43 Å². The SMILES string of the molecule is Cc1ccc(NC(=O)C2CNNC2c2ccc(Cl)cc2)c(O)c1. The van der Waals surface area contributed by atoms with E-state index >= 15 is 0 Å². The Morgan fingerprint density at radius 2 is 2.00 bits per heavy atom. The second-order valence-electron chi connectivity index (χ2n) is 5.67. The molecule has 2 aromatic carbocycles. The summed E-state index contributed by atoms with van der Waals surface area (Å²) < 4.78 is 0. The van der Waals surface area contributed by atoms with Gasteiger partial charge < -0.3 is 10.4 Å². The quantitative estimate of drug-likeness (QED) is 0.653. The number of phenolic OH excluding ortho intramolecular Hbond substituents is 1. The Labute approximate surface area is 139 Å². The van der Waals surface area contributed by atoms with Crippen molar-refractivity contribution >= 4 is 23.2 Å². The molecule has 0 aromatic heterocycles. The second-order valence-corrected chi connectivity index (χ2v) is 6.11. The van der Waals surface area contributed by atoms with Gasteiger partial charge in [-0.05, 0) is 42.3 Å². The second kappa shape index (κ2) is 6.58. The molecular weight excluding hydrogens is 314 g/mol. The first-order chi connectivity index (χ1) is 11.0. The molecule has 1 heterocycles. The van der Waals surface area contributed by atoms with Crippen molar-refractivity contribution in [1.82, 2.24) is 10.9 Å². The smallest absolute Gasteiger partial charge is 0.230 e. The summed E-state index contributed by atoms with van der Waals surface area (Å²) in [6.07, 6.45) is 0. The van der Waals surface area contributed by atoms with E-state index in [1.165, 1.54) is 0 Å². The Hall–Kier alpha value is -2.08. The molecule has 3 rings (SSSR count). The summed E-state index contributed by atoms with van der Waals surface area (Å²) in [6, 6.07) is 12.4. The molecule has 1 saturated heterocycles. The van der Waals surface area contributed by atoms with Crippen LogP contribution in [-0.4, -0.2) is 17.6 Å². The first-order valence-corrected chi connectivity index (χ1v) is 7.77. The molecule has 0 saturated carbocycles. The van der Waals surface area contributed by atoms with Gasteiger partial charge in [0.15, 0.2) is 0 Å². The third kappa shape index (κ3) is 3.47. The molecule has 1 fully saturated rings. The van der Waals surface area contributed by atoms with E-state index in [0.29, 0.717) is 17.3 Å². The first-order valence-electron chi connectivity index (χ1n) is 7.39. The van der Waals surface area contributed by atoms with Crippen LogP contribution in [0.15, 0.2) is 42.5 Å². The predicted octanol–water partition coefficient (Wildman–Crippen LogP) is 2.76. The molecule has 6 heteroatoms. The molecule has 1 aliphatic heterocycles. The highest BCUT2D eigenvalue weighted by Crippen LogP contribution is 2.29. The summed E-state index contributed by atoms with van der Waals surface area (Å²) in [6.45, 7) is 2.39. The van der Waals surface area contributed by atoms with Crippen molar-refractivity contribution in [2.75, 3.05) is 11.9 Å². The maximum absolute atomic E-state index is 12.6. The number of nitrogens with one attached hydrogen (secondary N) is 3. The van der Waals surface area contributed by atoms with Gasteiger partial charge in [-0.3, -0.25) is 10.2 Å². The van der Waals surface area contributed by atoms with E-state index in [0.717, 1.165) is 11.1 Å². The number of carbonyl (C=O) groups excluding carboxylic acids is 1. The molecule has 4 N–H and O–H groups in total. The maximum Gasteiger partial charge on any atom is 0.230 e.